The third-order valence-corrected chi connectivity index (χ3v) is 1.65. The van der Waals surface area contributed by atoms with E-state index >= 15 is 0 Å². The van der Waals surface area contributed by atoms with Crippen molar-refractivity contribution in [3.8, 4) is 0 Å². The predicted molar refractivity (Wildman–Crippen MR) is 52.9 cm³/mol. The third kappa shape index (κ3) is 3.81. The second-order valence-corrected chi connectivity index (χ2v) is 2.78. The van der Waals surface area contributed by atoms with Crippen LogP contribution >= 0.6 is 0 Å². The van der Waals surface area contributed by atoms with Gasteiger partial charge in [0.25, 0.3) is 0 Å². The summed E-state index contributed by atoms with van der Waals surface area (Å²) in [5, 5.41) is 0. The second-order valence-electron chi connectivity index (χ2n) is 2.78. The zero-order valence-electron chi connectivity index (χ0n) is 8.43. The zero-order chi connectivity index (χ0) is 11.1. The molecule has 0 saturated heterocycles. The summed E-state index contributed by atoms with van der Waals surface area (Å²) in [6, 6.07) is 9.12. The van der Waals surface area contributed by atoms with Crippen molar-refractivity contribution in [1.29, 1.82) is 0 Å². The minimum atomic E-state index is -0.958. The molecule has 1 rings (SSSR count). The van der Waals surface area contributed by atoms with Gasteiger partial charge in [0, 0.05) is 0 Å². The van der Waals surface area contributed by atoms with Crippen molar-refractivity contribution >= 4 is 11.9 Å². The molecule has 0 radical (unpaired) electrons. The third-order valence-electron chi connectivity index (χ3n) is 1.65. The normalized spacial score (nSPS) is 9.40. The molecule has 0 saturated carbocycles. The summed E-state index contributed by atoms with van der Waals surface area (Å²) in [7, 11) is 0. The van der Waals surface area contributed by atoms with Crippen LogP contribution in [0.1, 0.15) is 12.5 Å². The van der Waals surface area contributed by atoms with Crippen molar-refractivity contribution in [1.82, 2.24) is 0 Å². The van der Waals surface area contributed by atoms with E-state index in [9.17, 15) is 9.59 Å². The first kappa shape index (κ1) is 11.2. The highest BCUT2D eigenvalue weighted by molar-refractivity contribution is 6.29. The largest absolute Gasteiger partial charge is 0.458 e. The van der Waals surface area contributed by atoms with Gasteiger partial charge in [-0.3, -0.25) is 0 Å². The van der Waals surface area contributed by atoms with E-state index in [0.717, 1.165) is 5.56 Å². The quantitative estimate of drug-likeness (QED) is 0.555. The van der Waals surface area contributed by atoms with Crippen LogP contribution in [0.25, 0.3) is 0 Å². The first-order valence-corrected chi connectivity index (χ1v) is 4.62. The Kier molecular flexibility index (Phi) is 4.34. The number of carbonyl (C=O) groups excluding carboxylic acids is 2. The summed E-state index contributed by atoms with van der Waals surface area (Å²) < 4.78 is 9.21. The number of carbonyl (C=O) groups is 2. The van der Waals surface area contributed by atoms with Crippen molar-refractivity contribution in [3.63, 3.8) is 0 Å². The van der Waals surface area contributed by atoms with Crippen molar-refractivity contribution < 1.29 is 19.1 Å². The van der Waals surface area contributed by atoms with Crippen molar-refractivity contribution in [3.05, 3.63) is 35.9 Å². The minimum Gasteiger partial charge on any atom is -0.458 e. The van der Waals surface area contributed by atoms with Gasteiger partial charge in [-0.05, 0) is 12.5 Å². The fourth-order valence-electron chi connectivity index (χ4n) is 0.972. The van der Waals surface area contributed by atoms with Crippen LogP contribution < -0.4 is 0 Å². The Labute approximate surface area is 87.8 Å². The van der Waals surface area contributed by atoms with Gasteiger partial charge < -0.3 is 9.47 Å². The van der Waals surface area contributed by atoms with Crippen LogP contribution in [-0.2, 0) is 25.7 Å². The first-order valence-electron chi connectivity index (χ1n) is 4.62. The summed E-state index contributed by atoms with van der Waals surface area (Å²) in [6.07, 6.45) is 0. The highest BCUT2D eigenvalue weighted by Crippen LogP contribution is 2.00. The molecule has 0 aromatic heterocycles. The molecular weight excluding hydrogens is 196 g/mol. The molecule has 0 heterocycles. The SMILES string of the molecule is CCOC(=O)C(=O)OCc1ccccc1. The van der Waals surface area contributed by atoms with Gasteiger partial charge in [-0.2, -0.15) is 0 Å². The van der Waals surface area contributed by atoms with Gasteiger partial charge in [-0.1, -0.05) is 30.3 Å². The molecule has 1 aromatic rings. The van der Waals surface area contributed by atoms with Gasteiger partial charge >= 0.3 is 11.9 Å². The molecular formula is C11H12O4. The molecule has 4 nitrogen and oxygen atoms in total. The average molecular weight is 208 g/mol. The Morgan fingerprint density at radius 3 is 2.27 bits per heavy atom. The lowest BCUT2D eigenvalue weighted by Gasteiger charge is -2.03. The number of ether oxygens (including phenoxy) is 2. The highest BCUT2D eigenvalue weighted by Gasteiger charge is 2.16. The maximum Gasteiger partial charge on any atom is 0.417 e. The van der Waals surface area contributed by atoms with Crippen molar-refractivity contribution in [2.24, 2.45) is 0 Å². The minimum absolute atomic E-state index is 0.0818. The van der Waals surface area contributed by atoms with E-state index in [2.05, 4.69) is 4.74 Å². The molecule has 15 heavy (non-hydrogen) atoms. The molecule has 0 aliphatic carbocycles. The summed E-state index contributed by atoms with van der Waals surface area (Å²) in [5.74, 6) is -1.91. The van der Waals surface area contributed by atoms with Crippen LogP contribution in [0.3, 0.4) is 0 Å². The molecule has 0 unspecified atom stereocenters. The maximum absolute atomic E-state index is 11.0. The van der Waals surface area contributed by atoms with E-state index < -0.39 is 11.9 Å². The van der Waals surface area contributed by atoms with E-state index in [0.29, 0.717) is 0 Å². The Balaban J connectivity index is 2.38. The standard InChI is InChI=1S/C11H12O4/c1-2-14-10(12)11(13)15-8-9-6-4-3-5-7-9/h3-7H,2,8H2,1H3. The average Bonchev–Trinajstić information content (AvgIpc) is 2.27. The first-order chi connectivity index (χ1) is 7.24. The molecule has 0 aliphatic heterocycles. The van der Waals surface area contributed by atoms with Crippen molar-refractivity contribution in [2.45, 2.75) is 13.5 Å². The van der Waals surface area contributed by atoms with Gasteiger partial charge in [-0.15, -0.1) is 0 Å². The van der Waals surface area contributed by atoms with Gasteiger partial charge in [0.05, 0.1) is 6.61 Å². The number of hydrogen-bond acceptors (Lipinski definition) is 4. The van der Waals surface area contributed by atoms with Gasteiger partial charge in [-0.25, -0.2) is 9.59 Å². The molecule has 0 fully saturated rings. The van der Waals surface area contributed by atoms with E-state index in [1.54, 1.807) is 19.1 Å². The number of benzene rings is 1. The molecule has 0 aliphatic rings. The van der Waals surface area contributed by atoms with Crippen LogP contribution in [-0.4, -0.2) is 18.5 Å². The molecule has 0 atom stereocenters. The molecule has 0 N–H and O–H groups in total. The number of esters is 2. The molecule has 0 bridgehead atoms. The van der Waals surface area contributed by atoms with E-state index in [4.69, 9.17) is 4.74 Å². The van der Waals surface area contributed by atoms with E-state index in [1.807, 2.05) is 18.2 Å². The summed E-state index contributed by atoms with van der Waals surface area (Å²) >= 11 is 0. The van der Waals surface area contributed by atoms with Gasteiger partial charge in [0.1, 0.15) is 6.61 Å². The van der Waals surface area contributed by atoms with E-state index in [1.165, 1.54) is 0 Å². The summed E-state index contributed by atoms with van der Waals surface area (Å²) in [4.78, 5) is 21.9. The topological polar surface area (TPSA) is 52.6 Å². The monoisotopic (exact) mass is 208 g/mol. The Bertz CT molecular complexity index is 332. The van der Waals surface area contributed by atoms with Crippen molar-refractivity contribution in [2.75, 3.05) is 6.61 Å². The fraction of sp³-hybridized carbons (Fsp3) is 0.273. The second kappa shape index (κ2) is 5.80. The summed E-state index contributed by atoms with van der Waals surface area (Å²) in [5.41, 5.74) is 0.829. The molecule has 4 heteroatoms. The zero-order valence-corrected chi connectivity index (χ0v) is 8.43. The smallest absolute Gasteiger partial charge is 0.417 e. The number of rotatable bonds is 3. The summed E-state index contributed by atoms with van der Waals surface area (Å²) in [6.45, 7) is 1.88. The Morgan fingerprint density at radius 2 is 1.67 bits per heavy atom. The molecule has 80 valence electrons. The number of hydrogen-bond donors (Lipinski definition) is 0. The highest BCUT2D eigenvalue weighted by atomic mass is 16.6. The van der Waals surface area contributed by atoms with Crippen LogP contribution in [0.2, 0.25) is 0 Å². The fourth-order valence-corrected chi connectivity index (χ4v) is 0.972. The van der Waals surface area contributed by atoms with Crippen LogP contribution in [0.15, 0.2) is 30.3 Å². The predicted octanol–water partition coefficient (Wildman–Crippen LogP) is 1.29. The Hall–Kier alpha value is -1.84. The maximum atomic E-state index is 11.0. The lowest BCUT2D eigenvalue weighted by molar-refractivity contribution is -0.168. The molecule has 0 amide bonds. The van der Waals surface area contributed by atoms with Gasteiger partial charge in [0.15, 0.2) is 0 Å². The van der Waals surface area contributed by atoms with Crippen LogP contribution in [0.5, 0.6) is 0 Å². The van der Waals surface area contributed by atoms with Crippen LogP contribution in [0, 0.1) is 0 Å². The van der Waals surface area contributed by atoms with E-state index in [-0.39, 0.29) is 13.2 Å². The Morgan fingerprint density at radius 1 is 1.07 bits per heavy atom. The molecule has 1 aromatic carbocycles. The lowest BCUT2D eigenvalue weighted by atomic mass is 10.2. The van der Waals surface area contributed by atoms with Crippen LogP contribution in [0.4, 0.5) is 0 Å². The lowest BCUT2D eigenvalue weighted by Crippen LogP contribution is -2.20. The molecule has 0 spiro atoms. The van der Waals surface area contributed by atoms with Gasteiger partial charge in [0.2, 0.25) is 0 Å².